The monoisotopic (exact) mass is 301 g/mol. The van der Waals surface area contributed by atoms with Crippen LogP contribution in [0.3, 0.4) is 0 Å². The maximum Gasteiger partial charge on any atom is 0.416 e. The zero-order chi connectivity index (χ0) is 15.3. The minimum absolute atomic E-state index is 0.234. The van der Waals surface area contributed by atoms with Crippen molar-refractivity contribution >= 4 is 5.91 Å². The van der Waals surface area contributed by atoms with Gasteiger partial charge in [-0.25, -0.2) is 0 Å². The number of hydrogen-bond donors (Lipinski definition) is 3. The third kappa shape index (κ3) is 4.71. The molecule has 1 fully saturated rings. The fourth-order valence-corrected chi connectivity index (χ4v) is 2.19. The highest BCUT2D eigenvalue weighted by Gasteiger charge is 2.30. The maximum absolute atomic E-state index is 12.4. The number of carbonyl (C=O) groups is 1. The van der Waals surface area contributed by atoms with Crippen LogP contribution in [-0.2, 0) is 6.18 Å². The van der Waals surface area contributed by atoms with Crippen LogP contribution in [0.4, 0.5) is 13.2 Å². The number of halogens is 3. The van der Waals surface area contributed by atoms with Crippen LogP contribution < -0.4 is 16.0 Å². The first kappa shape index (κ1) is 15.8. The molecule has 1 aliphatic rings. The summed E-state index contributed by atoms with van der Waals surface area (Å²) in [5.41, 5.74) is -0.519. The van der Waals surface area contributed by atoms with E-state index in [1.165, 1.54) is 12.1 Å². The van der Waals surface area contributed by atoms with Crippen molar-refractivity contribution in [2.45, 2.75) is 18.6 Å². The molecule has 116 valence electrons. The van der Waals surface area contributed by atoms with E-state index in [-0.39, 0.29) is 11.5 Å². The summed E-state index contributed by atoms with van der Waals surface area (Å²) in [6, 6.07) is 4.53. The van der Waals surface area contributed by atoms with Crippen LogP contribution in [0.2, 0.25) is 0 Å². The summed E-state index contributed by atoms with van der Waals surface area (Å²) in [5.74, 6) is -0.354. The first-order chi connectivity index (χ1) is 9.97. The molecule has 2 rings (SSSR count). The molecule has 0 spiro atoms. The van der Waals surface area contributed by atoms with Gasteiger partial charge >= 0.3 is 6.18 Å². The molecule has 1 atom stereocenters. The molecule has 1 unspecified atom stereocenters. The highest BCUT2D eigenvalue weighted by atomic mass is 19.4. The van der Waals surface area contributed by atoms with E-state index in [2.05, 4.69) is 16.0 Å². The van der Waals surface area contributed by atoms with Crippen LogP contribution in [0.5, 0.6) is 0 Å². The fourth-order valence-electron chi connectivity index (χ4n) is 2.19. The molecule has 1 heterocycles. The van der Waals surface area contributed by atoms with Crippen molar-refractivity contribution in [3.05, 3.63) is 35.4 Å². The Morgan fingerprint density at radius 1 is 1.24 bits per heavy atom. The SMILES string of the molecule is O=C(NCCC1CNCCN1)c1ccc(C(F)(F)F)cc1. The smallest absolute Gasteiger partial charge is 0.352 e. The van der Waals surface area contributed by atoms with Gasteiger partial charge in [-0.3, -0.25) is 4.79 Å². The summed E-state index contributed by atoms with van der Waals surface area (Å²) >= 11 is 0. The zero-order valence-electron chi connectivity index (χ0n) is 11.5. The van der Waals surface area contributed by atoms with Crippen molar-refractivity contribution < 1.29 is 18.0 Å². The molecule has 1 aromatic carbocycles. The van der Waals surface area contributed by atoms with Gasteiger partial charge in [-0.15, -0.1) is 0 Å². The average Bonchev–Trinajstić information content (AvgIpc) is 2.47. The zero-order valence-corrected chi connectivity index (χ0v) is 11.5. The molecule has 3 N–H and O–H groups in total. The highest BCUT2D eigenvalue weighted by molar-refractivity contribution is 5.94. The Morgan fingerprint density at radius 3 is 2.52 bits per heavy atom. The molecule has 1 saturated heterocycles. The van der Waals surface area contributed by atoms with Crippen molar-refractivity contribution in [1.82, 2.24) is 16.0 Å². The predicted octanol–water partition coefficient (Wildman–Crippen LogP) is 1.39. The number of benzene rings is 1. The molecule has 1 amide bonds. The maximum atomic E-state index is 12.4. The van der Waals surface area contributed by atoms with Crippen LogP contribution in [0.1, 0.15) is 22.3 Å². The number of rotatable bonds is 4. The van der Waals surface area contributed by atoms with E-state index in [4.69, 9.17) is 0 Å². The second kappa shape index (κ2) is 6.91. The normalized spacial score (nSPS) is 19.3. The summed E-state index contributed by atoms with van der Waals surface area (Å²) in [7, 11) is 0. The van der Waals surface area contributed by atoms with Crippen molar-refractivity contribution in [3.8, 4) is 0 Å². The summed E-state index contributed by atoms with van der Waals surface area (Å²) in [4.78, 5) is 11.8. The van der Waals surface area contributed by atoms with Crippen LogP contribution in [0.25, 0.3) is 0 Å². The second-order valence-electron chi connectivity index (χ2n) is 4.97. The van der Waals surface area contributed by atoms with Crippen LogP contribution in [0, 0.1) is 0 Å². The van der Waals surface area contributed by atoms with Gasteiger partial charge in [-0.1, -0.05) is 0 Å². The van der Waals surface area contributed by atoms with Gasteiger partial charge < -0.3 is 16.0 Å². The van der Waals surface area contributed by atoms with Crippen molar-refractivity contribution in [2.75, 3.05) is 26.2 Å². The standard InChI is InChI=1S/C14H18F3N3O/c15-14(16,17)11-3-1-10(2-4-11)13(21)20-6-5-12-9-18-7-8-19-12/h1-4,12,18-19H,5-9H2,(H,20,21). The van der Waals surface area contributed by atoms with Gasteiger partial charge in [0.25, 0.3) is 5.91 Å². The van der Waals surface area contributed by atoms with Crippen LogP contribution in [0.15, 0.2) is 24.3 Å². The lowest BCUT2D eigenvalue weighted by molar-refractivity contribution is -0.137. The minimum atomic E-state index is -4.38. The lowest BCUT2D eigenvalue weighted by Crippen LogP contribution is -2.49. The van der Waals surface area contributed by atoms with E-state index in [0.717, 1.165) is 38.2 Å². The topological polar surface area (TPSA) is 53.2 Å². The largest absolute Gasteiger partial charge is 0.416 e. The number of carbonyl (C=O) groups excluding carboxylic acids is 1. The highest BCUT2D eigenvalue weighted by Crippen LogP contribution is 2.28. The first-order valence-corrected chi connectivity index (χ1v) is 6.86. The molecule has 21 heavy (non-hydrogen) atoms. The Morgan fingerprint density at radius 2 is 1.95 bits per heavy atom. The van der Waals surface area contributed by atoms with Crippen molar-refractivity contribution in [3.63, 3.8) is 0 Å². The minimum Gasteiger partial charge on any atom is -0.352 e. The lowest BCUT2D eigenvalue weighted by atomic mass is 10.1. The van der Waals surface area contributed by atoms with Gasteiger partial charge in [0, 0.05) is 37.8 Å². The third-order valence-corrected chi connectivity index (χ3v) is 3.38. The van der Waals surface area contributed by atoms with Gasteiger partial charge in [0.2, 0.25) is 0 Å². The molecule has 1 aliphatic heterocycles. The Balaban J connectivity index is 1.80. The molecular weight excluding hydrogens is 283 g/mol. The van der Waals surface area contributed by atoms with Crippen LogP contribution in [-0.4, -0.2) is 38.1 Å². The molecular formula is C14H18F3N3O. The van der Waals surface area contributed by atoms with E-state index in [9.17, 15) is 18.0 Å². The van der Waals surface area contributed by atoms with Gasteiger partial charge in [0.1, 0.15) is 0 Å². The number of piperazine rings is 1. The predicted molar refractivity (Wildman–Crippen MR) is 73.1 cm³/mol. The van der Waals surface area contributed by atoms with E-state index < -0.39 is 11.7 Å². The first-order valence-electron chi connectivity index (χ1n) is 6.86. The summed E-state index contributed by atoms with van der Waals surface area (Å²) < 4.78 is 37.2. The summed E-state index contributed by atoms with van der Waals surface area (Å²) in [5, 5.41) is 9.28. The van der Waals surface area contributed by atoms with E-state index >= 15 is 0 Å². The fraction of sp³-hybridized carbons (Fsp3) is 0.500. The van der Waals surface area contributed by atoms with Crippen LogP contribution >= 0.6 is 0 Å². The van der Waals surface area contributed by atoms with Gasteiger partial charge in [0.15, 0.2) is 0 Å². The Hall–Kier alpha value is -1.60. The third-order valence-electron chi connectivity index (χ3n) is 3.38. The summed E-state index contributed by atoms with van der Waals surface area (Å²) in [6.07, 6.45) is -3.60. The number of hydrogen-bond acceptors (Lipinski definition) is 3. The van der Waals surface area contributed by atoms with Gasteiger partial charge in [0.05, 0.1) is 5.56 Å². The molecule has 1 aromatic rings. The lowest BCUT2D eigenvalue weighted by Gasteiger charge is -2.24. The Kier molecular flexibility index (Phi) is 5.19. The second-order valence-corrected chi connectivity index (χ2v) is 4.97. The number of alkyl halides is 3. The van der Waals surface area contributed by atoms with Crippen molar-refractivity contribution in [1.29, 1.82) is 0 Å². The number of nitrogens with one attached hydrogen (secondary N) is 3. The van der Waals surface area contributed by atoms with E-state index in [0.29, 0.717) is 12.6 Å². The Labute approximate surface area is 121 Å². The van der Waals surface area contributed by atoms with Gasteiger partial charge in [-0.2, -0.15) is 13.2 Å². The molecule has 0 aliphatic carbocycles. The Bertz CT molecular complexity index is 467. The van der Waals surface area contributed by atoms with Crippen molar-refractivity contribution in [2.24, 2.45) is 0 Å². The average molecular weight is 301 g/mol. The molecule has 4 nitrogen and oxygen atoms in total. The summed E-state index contributed by atoms with van der Waals surface area (Å²) in [6.45, 7) is 3.18. The molecule has 0 saturated carbocycles. The molecule has 7 heteroatoms. The molecule has 0 aromatic heterocycles. The molecule has 0 bridgehead atoms. The van der Waals surface area contributed by atoms with Gasteiger partial charge in [-0.05, 0) is 30.7 Å². The quantitative estimate of drug-likeness (QED) is 0.788. The molecule has 0 radical (unpaired) electrons. The van der Waals surface area contributed by atoms with E-state index in [1.807, 2.05) is 0 Å². The number of amides is 1. The van der Waals surface area contributed by atoms with E-state index in [1.54, 1.807) is 0 Å².